The number of thiol groups is 1. The van der Waals surface area contributed by atoms with Crippen LogP contribution >= 0.6 is 12.6 Å². The van der Waals surface area contributed by atoms with E-state index >= 15 is 0 Å². The molecule has 0 saturated carbocycles. The minimum Gasteiger partial charge on any atom is -0.508 e. The van der Waals surface area contributed by atoms with Gasteiger partial charge in [0, 0.05) is 17.4 Å². The predicted octanol–water partition coefficient (Wildman–Crippen LogP) is 4.72. The minimum absolute atomic E-state index is 0.207. The van der Waals surface area contributed by atoms with Crippen LogP contribution in [0.25, 0.3) is 0 Å². The average Bonchev–Trinajstić information content (AvgIpc) is 3.18. The summed E-state index contributed by atoms with van der Waals surface area (Å²) in [6.07, 6.45) is 0.924. The molecule has 4 rings (SSSR count). The second-order valence-corrected chi connectivity index (χ2v) is 7.34. The number of phenols is 1. The molecule has 2 N–H and O–H groups in total. The summed E-state index contributed by atoms with van der Waals surface area (Å²) in [6, 6.07) is 21.7. The summed E-state index contributed by atoms with van der Waals surface area (Å²) in [6.45, 7) is 1.91. The van der Waals surface area contributed by atoms with Crippen LogP contribution in [0, 0.1) is 0 Å². The van der Waals surface area contributed by atoms with Gasteiger partial charge in [-0.1, -0.05) is 36.4 Å². The lowest BCUT2D eigenvalue weighted by atomic mass is 9.88. The SMILES string of the molecule is Oc1ccc(C(CCNCc2ccc3c(c2)OCO3)c2ccccc2S)cc1. The maximum absolute atomic E-state index is 9.62. The third-order valence-corrected chi connectivity index (χ3v) is 5.39. The van der Waals surface area contributed by atoms with E-state index in [9.17, 15) is 5.11 Å². The summed E-state index contributed by atoms with van der Waals surface area (Å²) >= 11 is 4.65. The van der Waals surface area contributed by atoms with Crippen molar-refractivity contribution in [3.05, 3.63) is 83.4 Å². The van der Waals surface area contributed by atoms with Gasteiger partial charge >= 0.3 is 0 Å². The molecule has 0 bridgehead atoms. The second kappa shape index (κ2) is 8.59. The molecule has 0 amide bonds. The minimum atomic E-state index is 0.207. The third-order valence-electron chi connectivity index (χ3n) is 4.98. The molecule has 28 heavy (non-hydrogen) atoms. The van der Waals surface area contributed by atoms with Crippen LogP contribution in [0.4, 0.5) is 0 Å². The van der Waals surface area contributed by atoms with Gasteiger partial charge in [0.05, 0.1) is 0 Å². The van der Waals surface area contributed by atoms with Crippen molar-refractivity contribution in [3.8, 4) is 17.2 Å². The van der Waals surface area contributed by atoms with Crippen LogP contribution in [0.2, 0.25) is 0 Å². The molecular formula is C23H23NO3S. The summed E-state index contributed by atoms with van der Waals surface area (Å²) in [5, 5.41) is 13.1. The highest BCUT2D eigenvalue weighted by molar-refractivity contribution is 7.80. The molecule has 3 aromatic carbocycles. The zero-order valence-corrected chi connectivity index (χ0v) is 16.4. The molecule has 5 heteroatoms. The van der Waals surface area contributed by atoms with Crippen molar-refractivity contribution >= 4 is 12.6 Å². The molecule has 1 heterocycles. The van der Waals surface area contributed by atoms with E-state index in [4.69, 9.17) is 9.47 Å². The fraction of sp³-hybridized carbons (Fsp3) is 0.217. The van der Waals surface area contributed by atoms with E-state index in [-0.39, 0.29) is 11.7 Å². The summed E-state index contributed by atoms with van der Waals surface area (Å²) < 4.78 is 10.8. The van der Waals surface area contributed by atoms with Crippen LogP contribution in [-0.2, 0) is 6.54 Å². The Kier molecular flexibility index (Phi) is 5.74. The van der Waals surface area contributed by atoms with Crippen molar-refractivity contribution in [3.63, 3.8) is 0 Å². The van der Waals surface area contributed by atoms with E-state index < -0.39 is 0 Å². The van der Waals surface area contributed by atoms with Crippen molar-refractivity contribution in [2.45, 2.75) is 23.8 Å². The number of hydrogen-bond acceptors (Lipinski definition) is 5. The lowest BCUT2D eigenvalue weighted by Crippen LogP contribution is -2.18. The molecule has 0 radical (unpaired) electrons. The van der Waals surface area contributed by atoms with E-state index in [1.165, 1.54) is 16.7 Å². The number of fused-ring (bicyclic) bond motifs is 1. The van der Waals surface area contributed by atoms with Crippen molar-refractivity contribution in [2.75, 3.05) is 13.3 Å². The Bertz CT molecular complexity index is 943. The van der Waals surface area contributed by atoms with Crippen molar-refractivity contribution in [1.82, 2.24) is 5.32 Å². The summed E-state index contributed by atoms with van der Waals surface area (Å²) in [5.74, 6) is 2.10. The molecule has 0 saturated heterocycles. The number of phenolic OH excluding ortho intramolecular Hbond substituents is 1. The smallest absolute Gasteiger partial charge is 0.231 e. The lowest BCUT2D eigenvalue weighted by Gasteiger charge is -2.20. The van der Waals surface area contributed by atoms with Gasteiger partial charge in [0.2, 0.25) is 6.79 Å². The van der Waals surface area contributed by atoms with E-state index in [1.54, 1.807) is 12.1 Å². The number of nitrogens with one attached hydrogen (secondary N) is 1. The van der Waals surface area contributed by atoms with E-state index in [0.29, 0.717) is 6.79 Å². The number of ether oxygens (including phenoxy) is 2. The first-order valence-corrected chi connectivity index (χ1v) is 9.81. The number of hydrogen-bond donors (Lipinski definition) is 3. The fourth-order valence-electron chi connectivity index (χ4n) is 3.52. The molecule has 1 aliphatic heterocycles. The Morgan fingerprint density at radius 3 is 2.57 bits per heavy atom. The third kappa shape index (κ3) is 4.26. The van der Waals surface area contributed by atoms with Gasteiger partial charge in [0.25, 0.3) is 0 Å². The monoisotopic (exact) mass is 393 g/mol. The standard InChI is InChI=1S/C23H23NO3S/c25-18-8-6-17(7-9-18)19(20-3-1-2-4-23(20)28)11-12-24-14-16-5-10-21-22(13-16)27-15-26-21/h1-10,13,19,24-25,28H,11-12,14-15H2. The predicted molar refractivity (Wildman–Crippen MR) is 113 cm³/mol. The molecule has 4 nitrogen and oxygen atoms in total. The first kappa shape index (κ1) is 18.7. The molecule has 144 valence electrons. The Hall–Kier alpha value is -2.63. The number of rotatable bonds is 7. The van der Waals surface area contributed by atoms with Gasteiger partial charge in [0.1, 0.15) is 5.75 Å². The molecule has 1 unspecified atom stereocenters. The number of benzene rings is 3. The maximum atomic E-state index is 9.62. The highest BCUT2D eigenvalue weighted by Crippen LogP contribution is 2.34. The van der Waals surface area contributed by atoms with Crippen LogP contribution in [0.3, 0.4) is 0 Å². The first-order valence-electron chi connectivity index (χ1n) is 9.37. The lowest BCUT2D eigenvalue weighted by molar-refractivity contribution is 0.174. The summed E-state index contributed by atoms with van der Waals surface area (Å²) in [7, 11) is 0. The van der Waals surface area contributed by atoms with E-state index in [0.717, 1.165) is 35.9 Å². The van der Waals surface area contributed by atoms with E-state index in [1.807, 2.05) is 42.5 Å². The molecular weight excluding hydrogens is 370 g/mol. The van der Waals surface area contributed by atoms with Gasteiger partial charge in [-0.25, -0.2) is 0 Å². The van der Waals surface area contributed by atoms with Crippen molar-refractivity contribution in [1.29, 1.82) is 0 Å². The molecule has 1 aliphatic rings. The zero-order chi connectivity index (χ0) is 19.3. The molecule has 0 aromatic heterocycles. The van der Waals surface area contributed by atoms with Gasteiger partial charge in [-0.15, -0.1) is 12.6 Å². The van der Waals surface area contributed by atoms with Crippen LogP contribution in [0.1, 0.15) is 29.0 Å². The first-order chi connectivity index (χ1) is 13.7. The fourth-order valence-corrected chi connectivity index (χ4v) is 3.84. The van der Waals surface area contributed by atoms with Crippen molar-refractivity contribution < 1.29 is 14.6 Å². The summed E-state index contributed by atoms with van der Waals surface area (Å²) in [4.78, 5) is 0.983. The Balaban J connectivity index is 1.43. The Labute approximate surface area is 170 Å². The van der Waals surface area contributed by atoms with Gasteiger partial charge in [0.15, 0.2) is 11.5 Å². The van der Waals surface area contributed by atoms with E-state index in [2.05, 4.69) is 30.1 Å². The van der Waals surface area contributed by atoms with Gasteiger partial charge in [-0.2, -0.15) is 0 Å². The second-order valence-electron chi connectivity index (χ2n) is 6.86. The van der Waals surface area contributed by atoms with Crippen LogP contribution in [0.5, 0.6) is 17.2 Å². The molecule has 0 fully saturated rings. The summed E-state index contributed by atoms with van der Waals surface area (Å²) in [5.41, 5.74) is 3.53. The molecule has 0 aliphatic carbocycles. The Morgan fingerprint density at radius 2 is 1.75 bits per heavy atom. The molecule has 1 atom stereocenters. The van der Waals surface area contributed by atoms with Gasteiger partial charge in [-0.05, 0) is 60.0 Å². The highest BCUT2D eigenvalue weighted by Gasteiger charge is 2.17. The maximum Gasteiger partial charge on any atom is 0.231 e. The Morgan fingerprint density at radius 1 is 0.964 bits per heavy atom. The normalized spacial score (nSPS) is 13.5. The topological polar surface area (TPSA) is 50.7 Å². The van der Waals surface area contributed by atoms with Gasteiger partial charge in [-0.3, -0.25) is 0 Å². The largest absolute Gasteiger partial charge is 0.508 e. The molecule has 0 spiro atoms. The van der Waals surface area contributed by atoms with Crippen LogP contribution in [-0.4, -0.2) is 18.4 Å². The quantitative estimate of drug-likeness (QED) is 0.402. The highest BCUT2D eigenvalue weighted by atomic mass is 32.1. The number of aromatic hydroxyl groups is 1. The van der Waals surface area contributed by atoms with Crippen molar-refractivity contribution in [2.24, 2.45) is 0 Å². The van der Waals surface area contributed by atoms with Crippen LogP contribution in [0.15, 0.2) is 71.6 Å². The van der Waals surface area contributed by atoms with Crippen LogP contribution < -0.4 is 14.8 Å². The van der Waals surface area contributed by atoms with Gasteiger partial charge < -0.3 is 19.9 Å². The average molecular weight is 394 g/mol. The zero-order valence-electron chi connectivity index (χ0n) is 15.5. The molecule has 3 aromatic rings.